The number of aromatic nitrogens is 2. The minimum absolute atomic E-state index is 0.184. The molecule has 0 radical (unpaired) electrons. The van der Waals surface area contributed by atoms with Crippen LogP contribution in [0.5, 0.6) is 0 Å². The van der Waals surface area contributed by atoms with Crippen LogP contribution in [0.15, 0.2) is 30.3 Å². The molecule has 0 unspecified atom stereocenters. The van der Waals surface area contributed by atoms with Crippen LogP contribution in [0.2, 0.25) is 0 Å². The van der Waals surface area contributed by atoms with Gasteiger partial charge in [0.05, 0.1) is 12.2 Å². The fourth-order valence-electron chi connectivity index (χ4n) is 2.58. The number of hydrogen-bond acceptors (Lipinski definition) is 4. The van der Waals surface area contributed by atoms with Crippen LogP contribution in [-0.4, -0.2) is 40.5 Å². The molecule has 0 saturated carbocycles. The fraction of sp³-hybridized carbons (Fsp3) is 0.450. The zero-order valence-electron chi connectivity index (χ0n) is 16.6. The number of carbonyl (C=O) groups is 2. The van der Waals surface area contributed by atoms with Gasteiger partial charge in [0.15, 0.2) is 0 Å². The molecule has 2 aromatic rings. The second-order valence-electron chi connectivity index (χ2n) is 7.47. The number of hydrogen-bond donors (Lipinski definition) is 2. The van der Waals surface area contributed by atoms with Crippen LogP contribution in [0.25, 0.3) is 0 Å². The first-order valence-electron chi connectivity index (χ1n) is 8.99. The summed E-state index contributed by atoms with van der Waals surface area (Å²) < 4.78 is 7.06. The molecular weight excluding hydrogens is 344 g/mol. The van der Waals surface area contributed by atoms with Gasteiger partial charge in [0.1, 0.15) is 5.60 Å². The molecule has 0 fully saturated rings. The second kappa shape index (κ2) is 8.70. The molecule has 0 atom stereocenters. The molecular formula is C20H28N4O3. The maximum Gasteiger partial charge on any atom is 0.407 e. The molecule has 27 heavy (non-hydrogen) atoms. The van der Waals surface area contributed by atoms with Crippen molar-refractivity contribution in [3.05, 3.63) is 52.8 Å². The lowest BCUT2D eigenvalue weighted by Gasteiger charge is -2.19. The number of alkyl carbamates (subject to hydrolysis) is 1. The van der Waals surface area contributed by atoms with Gasteiger partial charge in [-0.3, -0.25) is 9.48 Å². The first-order chi connectivity index (χ1) is 12.6. The molecule has 7 nitrogen and oxygen atoms in total. The van der Waals surface area contributed by atoms with Crippen LogP contribution in [0.1, 0.15) is 48.1 Å². The van der Waals surface area contributed by atoms with Crippen molar-refractivity contribution >= 4 is 12.0 Å². The predicted molar refractivity (Wildman–Crippen MR) is 104 cm³/mol. The smallest absolute Gasteiger partial charge is 0.407 e. The Hall–Kier alpha value is -2.83. The Bertz CT molecular complexity index is 806. The highest BCUT2D eigenvalue weighted by Crippen LogP contribution is 2.10. The normalized spacial score (nSPS) is 11.1. The summed E-state index contributed by atoms with van der Waals surface area (Å²) in [6.45, 7) is 10.6. The van der Waals surface area contributed by atoms with Crippen molar-refractivity contribution < 1.29 is 14.3 Å². The summed E-state index contributed by atoms with van der Waals surface area (Å²) in [6.07, 6.45) is -0.497. The van der Waals surface area contributed by atoms with Gasteiger partial charge in [-0.15, -0.1) is 0 Å². The Balaban J connectivity index is 1.84. The largest absolute Gasteiger partial charge is 0.444 e. The van der Waals surface area contributed by atoms with Gasteiger partial charge in [0.2, 0.25) is 0 Å². The first kappa shape index (κ1) is 20.5. The van der Waals surface area contributed by atoms with Crippen LogP contribution in [-0.2, 0) is 11.3 Å². The van der Waals surface area contributed by atoms with Gasteiger partial charge < -0.3 is 15.4 Å². The van der Waals surface area contributed by atoms with E-state index in [1.165, 1.54) is 0 Å². The highest BCUT2D eigenvalue weighted by atomic mass is 16.6. The van der Waals surface area contributed by atoms with Crippen LogP contribution >= 0.6 is 0 Å². The average molecular weight is 372 g/mol. The maximum absolute atomic E-state index is 12.3. The number of aryl methyl sites for hydroxylation is 2. The molecule has 2 N–H and O–H groups in total. The number of rotatable bonds is 6. The highest BCUT2D eigenvalue weighted by molar-refractivity contribution is 5.94. The highest BCUT2D eigenvalue weighted by Gasteiger charge is 2.15. The van der Waals surface area contributed by atoms with E-state index in [1.54, 1.807) is 26.8 Å². The van der Waals surface area contributed by atoms with E-state index < -0.39 is 11.7 Å². The van der Waals surface area contributed by atoms with Crippen LogP contribution in [0, 0.1) is 13.8 Å². The van der Waals surface area contributed by atoms with Crippen LogP contribution < -0.4 is 10.6 Å². The van der Waals surface area contributed by atoms with Crippen molar-refractivity contribution in [3.8, 4) is 0 Å². The quantitative estimate of drug-likeness (QED) is 0.764. The molecule has 2 rings (SSSR count). The minimum atomic E-state index is -0.542. The molecule has 0 aliphatic heterocycles. The monoisotopic (exact) mass is 372 g/mol. The molecule has 1 heterocycles. The average Bonchev–Trinajstić information content (AvgIpc) is 2.87. The Labute approximate surface area is 160 Å². The zero-order valence-corrected chi connectivity index (χ0v) is 16.6. The third-order valence-corrected chi connectivity index (χ3v) is 3.70. The Morgan fingerprint density at radius 1 is 1.11 bits per heavy atom. The van der Waals surface area contributed by atoms with Crippen molar-refractivity contribution in [1.29, 1.82) is 0 Å². The summed E-state index contributed by atoms with van der Waals surface area (Å²) in [5.74, 6) is -0.184. The second-order valence-corrected chi connectivity index (χ2v) is 7.47. The molecule has 0 aliphatic carbocycles. The van der Waals surface area contributed by atoms with E-state index in [9.17, 15) is 9.59 Å². The van der Waals surface area contributed by atoms with Crippen molar-refractivity contribution in [2.75, 3.05) is 13.1 Å². The topological polar surface area (TPSA) is 85.2 Å². The van der Waals surface area contributed by atoms with Gasteiger partial charge in [-0.25, -0.2) is 4.79 Å². The summed E-state index contributed by atoms with van der Waals surface area (Å²) in [5.41, 5.74) is 3.08. The van der Waals surface area contributed by atoms with Crippen molar-refractivity contribution in [2.45, 2.75) is 46.8 Å². The summed E-state index contributed by atoms with van der Waals surface area (Å²) in [5, 5.41) is 9.85. The molecule has 0 aliphatic rings. The lowest BCUT2D eigenvalue weighted by atomic mass is 10.1. The third kappa shape index (κ3) is 6.77. The maximum atomic E-state index is 12.3. The number of carbonyl (C=O) groups excluding carboxylic acids is 2. The summed E-state index contributed by atoms with van der Waals surface area (Å²) in [7, 11) is 0. The Morgan fingerprint density at radius 2 is 1.81 bits per heavy atom. The van der Waals surface area contributed by atoms with E-state index >= 15 is 0 Å². The van der Waals surface area contributed by atoms with E-state index in [2.05, 4.69) is 15.7 Å². The van der Waals surface area contributed by atoms with Crippen LogP contribution in [0.4, 0.5) is 4.79 Å². The summed E-state index contributed by atoms with van der Waals surface area (Å²) in [4.78, 5) is 23.9. The van der Waals surface area contributed by atoms with E-state index in [-0.39, 0.29) is 5.91 Å². The summed E-state index contributed by atoms with van der Waals surface area (Å²) in [6, 6.07) is 9.47. The van der Waals surface area contributed by atoms with Crippen LogP contribution in [0.3, 0.4) is 0 Å². The number of benzene rings is 1. The van der Waals surface area contributed by atoms with Crippen molar-refractivity contribution in [1.82, 2.24) is 20.4 Å². The molecule has 0 bridgehead atoms. The van der Waals surface area contributed by atoms with E-state index in [0.717, 1.165) is 17.0 Å². The molecule has 2 amide bonds. The van der Waals surface area contributed by atoms with Gasteiger partial charge in [0.25, 0.3) is 5.91 Å². The Morgan fingerprint density at radius 3 is 2.44 bits per heavy atom. The third-order valence-electron chi connectivity index (χ3n) is 3.70. The van der Waals surface area contributed by atoms with Gasteiger partial charge in [0, 0.05) is 24.3 Å². The van der Waals surface area contributed by atoms with Crippen molar-refractivity contribution in [2.24, 2.45) is 0 Å². The van der Waals surface area contributed by atoms with E-state index in [0.29, 0.717) is 25.2 Å². The standard InChI is InChI=1S/C20H28N4O3/c1-14-11-15(2)24(23-14)13-16-7-6-8-17(12-16)18(25)21-9-10-22-19(26)27-20(3,4)5/h6-8,11-12H,9-10,13H2,1-5H3,(H,21,25)(H,22,26). The first-order valence-corrected chi connectivity index (χ1v) is 8.99. The molecule has 0 spiro atoms. The van der Waals surface area contributed by atoms with Crippen molar-refractivity contribution in [3.63, 3.8) is 0 Å². The number of nitrogens with zero attached hydrogens (tertiary/aromatic N) is 2. The number of nitrogens with one attached hydrogen (secondary N) is 2. The lowest BCUT2D eigenvalue weighted by molar-refractivity contribution is 0.0526. The van der Waals surface area contributed by atoms with Gasteiger partial charge >= 0.3 is 6.09 Å². The van der Waals surface area contributed by atoms with E-state index in [4.69, 9.17) is 4.74 Å². The van der Waals surface area contributed by atoms with Gasteiger partial charge in [-0.2, -0.15) is 5.10 Å². The molecule has 1 aromatic carbocycles. The summed E-state index contributed by atoms with van der Waals surface area (Å²) >= 11 is 0. The molecule has 1 aromatic heterocycles. The molecule has 146 valence electrons. The number of amides is 2. The lowest BCUT2D eigenvalue weighted by Crippen LogP contribution is -2.37. The molecule has 7 heteroatoms. The SMILES string of the molecule is Cc1cc(C)n(Cc2cccc(C(=O)NCCNC(=O)OC(C)(C)C)c2)n1. The number of ether oxygens (including phenoxy) is 1. The predicted octanol–water partition coefficient (Wildman–Crippen LogP) is 2.80. The minimum Gasteiger partial charge on any atom is -0.444 e. The Kier molecular flexibility index (Phi) is 6.60. The fourth-order valence-corrected chi connectivity index (χ4v) is 2.58. The zero-order chi connectivity index (χ0) is 20.0. The van der Waals surface area contributed by atoms with Gasteiger partial charge in [-0.05, 0) is 58.4 Å². The van der Waals surface area contributed by atoms with Gasteiger partial charge in [-0.1, -0.05) is 12.1 Å². The van der Waals surface area contributed by atoms with E-state index in [1.807, 2.05) is 42.8 Å². The molecule has 0 saturated heterocycles.